The number of aliphatic hydroxyl groups is 1. The first kappa shape index (κ1) is 14.9. The van der Waals surface area contributed by atoms with E-state index in [9.17, 15) is 14.7 Å². The Bertz CT molecular complexity index is 323. The molecule has 0 radical (unpaired) electrons. The Hall–Kier alpha value is -1.18. The number of nitrogens with two attached hydrogens (primary N) is 1. The molecule has 18 heavy (non-hydrogen) atoms. The van der Waals surface area contributed by atoms with Crippen LogP contribution >= 0.6 is 0 Å². The molecule has 1 heterocycles. The molecule has 1 aliphatic heterocycles. The molecule has 104 valence electrons. The van der Waals surface area contributed by atoms with Gasteiger partial charge >= 0.3 is 5.97 Å². The van der Waals surface area contributed by atoms with E-state index in [1.165, 1.54) is 0 Å². The SMILES string of the molecule is CCOC(=O)C(N)C(=O)NCC1(O)CCOC1C. The van der Waals surface area contributed by atoms with E-state index in [4.69, 9.17) is 10.5 Å². The molecule has 0 spiro atoms. The third kappa shape index (κ3) is 3.41. The zero-order valence-electron chi connectivity index (χ0n) is 10.6. The Morgan fingerprint density at radius 1 is 1.67 bits per heavy atom. The second kappa shape index (κ2) is 6.12. The highest BCUT2D eigenvalue weighted by atomic mass is 16.5. The summed E-state index contributed by atoms with van der Waals surface area (Å²) in [6, 6.07) is -1.37. The van der Waals surface area contributed by atoms with E-state index in [1.807, 2.05) is 0 Å². The number of rotatable bonds is 5. The molecule has 7 heteroatoms. The van der Waals surface area contributed by atoms with Crippen molar-refractivity contribution in [1.82, 2.24) is 5.32 Å². The van der Waals surface area contributed by atoms with Crippen LogP contribution in [0.25, 0.3) is 0 Å². The van der Waals surface area contributed by atoms with Gasteiger partial charge in [0, 0.05) is 19.6 Å². The van der Waals surface area contributed by atoms with Crippen LogP contribution in [0.3, 0.4) is 0 Å². The molecule has 1 rings (SSSR count). The van der Waals surface area contributed by atoms with E-state index in [0.29, 0.717) is 13.0 Å². The maximum Gasteiger partial charge on any atom is 0.332 e. The molecule has 0 aromatic heterocycles. The second-order valence-corrected chi connectivity index (χ2v) is 4.31. The van der Waals surface area contributed by atoms with E-state index in [0.717, 1.165) is 0 Å². The van der Waals surface area contributed by atoms with E-state index in [2.05, 4.69) is 10.1 Å². The number of nitrogens with one attached hydrogen (secondary N) is 1. The standard InChI is InChI=1S/C11H20N2O5/c1-3-17-10(15)8(12)9(14)13-6-11(16)4-5-18-7(11)2/h7-8,16H,3-6,12H2,1-2H3,(H,13,14). The lowest BCUT2D eigenvalue weighted by atomic mass is 9.96. The van der Waals surface area contributed by atoms with Crippen molar-refractivity contribution >= 4 is 11.9 Å². The molecular formula is C11H20N2O5. The third-order valence-electron chi connectivity index (χ3n) is 3.05. The van der Waals surface area contributed by atoms with Crippen LogP contribution in [-0.2, 0) is 19.1 Å². The first-order valence-corrected chi connectivity index (χ1v) is 5.94. The first-order chi connectivity index (χ1) is 8.40. The Labute approximate surface area is 106 Å². The van der Waals surface area contributed by atoms with Gasteiger partial charge in [0.25, 0.3) is 0 Å². The Kier molecular flexibility index (Phi) is 5.06. The topological polar surface area (TPSA) is 111 Å². The van der Waals surface area contributed by atoms with Gasteiger partial charge in [-0.05, 0) is 13.8 Å². The molecule has 4 N–H and O–H groups in total. The third-order valence-corrected chi connectivity index (χ3v) is 3.05. The quantitative estimate of drug-likeness (QED) is 0.411. The zero-order chi connectivity index (χ0) is 13.8. The maximum absolute atomic E-state index is 11.6. The number of esters is 1. The highest BCUT2D eigenvalue weighted by Gasteiger charge is 2.40. The molecule has 7 nitrogen and oxygen atoms in total. The van der Waals surface area contributed by atoms with Crippen LogP contribution in [0.1, 0.15) is 20.3 Å². The number of ether oxygens (including phenoxy) is 2. The highest BCUT2D eigenvalue weighted by molar-refractivity contribution is 6.01. The van der Waals surface area contributed by atoms with E-state index in [-0.39, 0.29) is 19.3 Å². The summed E-state index contributed by atoms with van der Waals surface area (Å²) in [5.74, 6) is -1.45. The lowest BCUT2D eigenvalue weighted by Crippen LogP contribution is -2.53. The van der Waals surface area contributed by atoms with Crippen LogP contribution in [0.15, 0.2) is 0 Å². The molecule has 3 unspecified atom stereocenters. The number of hydrogen-bond donors (Lipinski definition) is 3. The van der Waals surface area contributed by atoms with Crippen LogP contribution in [0, 0.1) is 0 Å². The average molecular weight is 260 g/mol. The minimum Gasteiger partial charge on any atom is -0.464 e. The van der Waals surface area contributed by atoms with Crippen LogP contribution in [-0.4, -0.2) is 54.5 Å². The molecule has 0 aliphatic carbocycles. The first-order valence-electron chi connectivity index (χ1n) is 5.94. The predicted octanol–water partition coefficient (Wildman–Crippen LogP) is -1.47. The van der Waals surface area contributed by atoms with Crippen LogP contribution in [0.5, 0.6) is 0 Å². The van der Waals surface area contributed by atoms with Crippen molar-refractivity contribution in [2.24, 2.45) is 5.73 Å². The highest BCUT2D eigenvalue weighted by Crippen LogP contribution is 2.24. The summed E-state index contributed by atoms with van der Waals surface area (Å²) in [6.07, 6.45) is 0.0694. The monoisotopic (exact) mass is 260 g/mol. The largest absolute Gasteiger partial charge is 0.464 e. The number of carbonyl (C=O) groups is 2. The van der Waals surface area contributed by atoms with Gasteiger partial charge in [-0.15, -0.1) is 0 Å². The smallest absolute Gasteiger partial charge is 0.332 e. The summed E-state index contributed by atoms with van der Waals surface area (Å²) < 4.78 is 9.85. The van der Waals surface area contributed by atoms with E-state index < -0.39 is 23.5 Å². The fraction of sp³-hybridized carbons (Fsp3) is 0.818. The fourth-order valence-corrected chi connectivity index (χ4v) is 1.69. The van der Waals surface area contributed by atoms with Crippen LogP contribution < -0.4 is 11.1 Å². The van der Waals surface area contributed by atoms with E-state index >= 15 is 0 Å². The van der Waals surface area contributed by atoms with Crippen molar-refractivity contribution in [3.8, 4) is 0 Å². The molecule has 0 aromatic rings. The van der Waals surface area contributed by atoms with Gasteiger partial charge in [-0.25, -0.2) is 4.79 Å². The molecule has 0 saturated carbocycles. The summed E-state index contributed by atoms with van der Waals surface area (Å²) >= 11 is 0. The summed E-state index contributed by atoms with van der Waals surface area (Å²) in [7, 11) is 0. The molecule has 1 saturated heterocycles. The van der Waals surface area contributed by atoms with Gasteiger partial charge in [0.1, 0.15) is 5.60 Å². The van der Waals surface area contributed by atoms with Crippen molar-refractivity contribution in [3.05, 3.63) is 0 Å². The fourth-order valence-electron chi connectivity index (χ4n) is 1.69. The predicted molar refractivity (Wildman–Crippen MR) is 62.6 cm³/mol. The van der Waals surface area contributed by atoms with Gasteiger partial charge in [-0.1, -0.05) is 0 Å². The summed E-state index contributed by atoms with van der Waals surface area (Å²) in [6.45, 7) is 3.96. The average Bonchev–Trinajstić information content (AvgIpc) is 2.66. The number of hydrogen-bond acceptors (Lipinski definition) is 6. The minimum atomic E-state index is -1.37. The molecule has 1 amide bonds. The van der Waals surface area contributed by atoms with Crippen molar-refractivity contribution in [2.75, 3.05) is 19.8 Å². The second-order valence-electron chi connectivity index (χ2n) is 4.31. The summed E-state index contributed by atoms with van der Waals surface area (Å²) in [4.78, 5) is 22.8. The van der Waals surface area contributed by atoms with Gasteiger partial charge in [0.05, 0.1) is 12.7 Å². The molecule has 3 atom stereocenters. The van der Waals surface area contributed by atoms with Crippen molar-refractivity contribution < 1.29 is 24.2 Å². The van der Waals surface area contributed by atoms with Crippen molar-refractivity contribution in [3.63, 3.8) is 0 Å². The molecule has 0 bridgehead atoms. The van der Waals surface area contributed by atoms with E-state index in [1.54, 1.807) is 13.8 Å². The Morgan fingerprint density at radius 2 is 2.33 bits per heavy atom. The minimum absolute atomic E-state index is 0.000104. The summed E-state index contributed by atoms with van der Waals surface area (Å²) in [5.41, 5.74) is 4.30. The molecular weight excluding hydrogens is 240 g/mol. The molecule has 0 aromatic carbocycles. The Morgan fingerprint density at radius 3 is 2.83 bits per heavy atom. The maximum atomic E-state index is 11.6. The number of amides is 1. The van der Waals surface area contributed by atoms with Gasteiger partial charge in [-0.2, -0.15) is 0 Å². The van der Waals surface area contributed by atoms with Crippen molar-refractivity contribution in [1.29, 1.82) is 0 Å². The molecule has 1 fully saturated rings. The Balaban J connectivity index is 2.43. The summed E-state index contributed by atoms with van der Waals surface area (Å²) in [5, 5.41) is 12.6. The van der Waals surface area contributed by atoms with Gasteiger partial charge in [-0.3, -0.25) is 4.79 Å². The van der Waals surface area contributed by atoms with Crippen LogP contribution in [0.2, 0.25) is 0 Å². The normalized spacial score (nSPS) is 28.8. The molecule has 1 aliphatic rings. The van der Waals surface area contributed by atoms with Crippen LogP contribution in [0.4, 0.5) is 0 Å². The van der Waals surface area contributed by atoms with Gasteiger partial charge < -0.3 is 25.6 Å². The van der Waals surface area contributed by atoms with Crippen molar-refractivity contribution in [2.45, 2.75) is 38.0 Å². The van der Waals surface area contributed by atoms with Gasteiger partial charge in [0.2, 0.25) is 5.91 Å². The van der Waals surface area contributed by atoms with Gasteiger partial charge in [0.15, 0.2) is 6.04 Å². The lowest BCUT2D eigenvalue weighted by Gasteiger charge is -2.26. The lowest BCUT2D eigenvalue weighted by molar-refractivity contribution is -0.148. The zero-order valence-corrected chi connectivity index (χ0v) is 10.6. The number of carbonyl (C=O) groups excluding carboxylic acids is 2.